The van der Waals surface area contributed by atoms with Crippen LogP contribution in [-0.2, 0) is 32.0 Å². The molecule has 4 rings (SSSR count). The predicted molar refractivity (Wildman–Crippen MR) is 161 cm³/mol. The van der Waals surface area contributed by atoms with Crippen molar-refractivity contribution in [1.29, 1.82) is 0 Å². The first-order valence-electron chi connectivity index (χ1n) is 13.9. The highest BCUT2D eigenvalue weighted by Gasteiger charge is 2.38. The Bertz CT molecular complexity index is 1410. The number of aromatic amines is 1. The summed E-state index contributed by atoms with van der Waals surface area (Å²) in [5, 5.41) is 25.7. The van der Waals surface area contributed by atoms with Gasteiger partial charge in [0.25, 0.3) is 0 Å². The minimum Gasteiger partial charge on any atom is -0.508 e. The van der Waals surface area contributed by atoms with E-state index in [0.717, 1.165) is 22.0 Å². The number of carbonyl (C=O) groups is 4. The lowest BCUT2D eigenvalue weighted by Crippen LogP contribution is -2.58. The average Bonchev–Trinajstić information content (AvgIpc) is 3.63. The van der Waals surface area contributed by atoms with Crippen LogP contribution in [0.4, 0.5) is 0 Å². The van der Waals surface area contributed by atoms with Gasteiger partial charge in [0.15, 0.2) is 0 Å². The molecule has 11 nitrogen and oxygen atoms in total. The first kappa shape index (κ1) is 30.9. The van der Waals surface area contributed by atoms with Crippen LogP contribution in [-0.4, -0.2) is 86.5 Å². The van der Waals surface area contributed by atoms with E-state index in [2.05, 4.69) is 15.6 Å². The number of hydrogen-bond donors (Lipinski definition) is 6. The number of amides is 3. The molecule has 4 atom stereocenters. The fraction of sp³-hybridized carbons (Fsp3) is 0.400. The van der Waals surface area contributed by atoms with E-state index in [-0.39, 0.29) is 25.1 Å². The monoisotopic (exact) mass is 595 g/mol. The summed E-state index contributed by atoms with van der Waals surface area (Å²) >= 11 is 1.51. The summed E-state index contributed by atoms with van der Waals surface area (Å²) in [6, 6.07) is 10.1. The van der Waals surface area contributed by atoms with Crippen molar-refractivity contribution in [3.63, 3.8) is 0 Å². The van der Waals surface area contributed by atoms with E-state index in [1.807, 2.05) is 30.5 Å². The number of H-pyrrole nitrogens is 1. The first-order chi connectivity index (χ1) is 20.2. The highest BCUT2D eigenvalue weighted by atomic mass is 32.2. The Morgan fingerprint density at radius 2 is 1.76 bits per heavy atom. The van der Waals surface area contributed by atoms with Crippen LogP contribution in [0, 0.1) is 0 Å². The molecule has 42 heavy (non-hydrogen) atoms. The van der Waals surface area contributed by atoms with E-state index in [4.69, 9.17) is 5.73 Å². The Labute approximate surface area is 248 Å². The van der Waals surface area contributed by atoms with Gasteiger partial charge in [0.1, 0.15) is 23.9 Å². The van der Waals surface area contributed by atoms with Gasteiger partial charge < -0.3 is 36.5 Å². The first-order valence-corrected chi connectivity index (χ1v) is 15.3. The molecule has 0 spiro atoms. The van der Waals surface area contributed by atoms with Gasteiger partial charge in [0.2, 0.25) is 17.7 Å². The Morgan fingerprint density at radius 1 is 1.05 bits per heavy atom. The molecule has 1 aromatic heterocycles. The number of aliphatic carboxylic acids is 1. The van der Waals surface area contributed by atoms with E-state index in [0.29, 0.717) is 25.0 Å². The molecule has 4 unspecified atom stereocenters. The second kappa shape index (κ2) is 14.2. The minimum atomic E-state index is -1.08. The zero-order valence-electron chi connectivity index (χ0n) is 23.4. The van der Waals surface area contributed by atoms with E-state index < -0.39 is 47.9 Å². The van der Waals surface area contributed by atoms with Crippen LogP contribution in [0.3, 0.4) is 0 Å². The topological polar surface area (TPSA) is 178 Å². The Hall–Kier alpha value is -4.03. The molecule has 0 bridgehead atoms. The predicted octanol–water partition coefficient (Wildman–Crippen LogP) is 1.78. The molecule has 1 aliphatic heterocycles. The number of carboxylic acid groups (broad SMARTS) is 1. The smallest absolute Gasteiger partial charge is 0.326 e. The fourth-order valence-electron chi connectivity index (χ4n) is 5.24. The number of benzene rings is 2. The van der Waals surface area contributed by atoms with Crippen LogP contribution < -0.4 is 16.4 Å². The minimum absolute atomic E-state index is 0.103. The number of thioether (sulfide) groups is 1. The van der Waals surface area contributed by atoms with Crippen molar-refractivity contribution in [3.05, 3.63) is 65.9 Å². The molecule has 1 saturated heterocycles. The number of rotatable bonds is 13. The number of nitrogens with two attached hydrogens (primary N) is 1. The molecule has 2 aromatic carbocycles. The number of carbonyl (C=O) groups excluding carboxylic acids is 3. The van der Waals surface area contributed by atoms with Crippen molar-refractivity contribution in [2.45, 2.75) is 56.3 Å². The molecule has 7 N–H and O–H groups in total. The third-order valence-corrected chi connectivity index (χ3v) is 8.15. The molecule has 0 aliphatic carbocycles. The second-order valence-electron chi connectivity index (χ2n) is 10.5. The number of phenols is 1. The molecular weight excluding hydrogens is 558 g/mol. The summed E-state index contributed by atoms with van der Waals surface area (Å²) in [4.78, 5) is 56.8. The number of nitrogens with one attached hydrogen (secondary N) is 3. The highest BCUT2D eigenvalue weighted by Crippen LogP contribution is 2.23. The van der Waals surface area contributed by atoms with Gasteiger partial charge in [-0.3, -0.25) is 14.4 Å². The van der Waals surface area contributed by atoms with Crippen molar-refractivity contribution in [2.24, 2.45) is 5.73 Å². The standard InChI is InChI=1S/C30H37N5O6S/c1-42-14-12-24(33-27(37)22(31)15-18-8-10-20(36)11-9-18)28(38)34-25(29(39)35-13-4-7-26(35)30(40)41)16-19-17-32-23-6-3-2-5-21(19)23/h2-3,5-6,8-11,17,22,24-26,32,36H,4,7,12-16,31H2,1H3,(H,33,37)(H,34,38)(H,40,41). The summed E-state index contributed by atoms with van der Waals surface area (Å²) in [6.07, 6.45) is 5.22. The summed E-state index contributed by atoms with van der Waals surface area (Å²) < 4.78 is 0. The van der Waals surface area contributed by atoms with E-state index >= 15 is 0 Å². The maximum Gasteiger partial charge on any atom is 0.326 e. The lowest BCUT2D eigenvalue weighted by molar-refractivity contribution is -0.149. The number of nitrogens with zero attached hydrogens (tertiary/aromatic N) is 1. The van der Waals surface area contributed by atoms with Gasteiger partial charge in [-0.15, -0.1) is 0 Å². The fourth-order valence-corrected chi connectivity index (χ4v) is 5.71. The number of aromatic hydroxyl groups is 1. The molecule has 3 aromatic rings. The van der Waals surface area contributed by atoms with Crippen LogP contribution in [0.15, 0.2) is 54.7 Å². The third kappa shape index (κ3) is 7.62. The van der Waals surface area contributed by atoms with Crippen molar-refractivity contribution < 1.29 is 29.4 Å². The maximum absolute atomic E-state index is 13.8. The molecule has 224 valence electrons. The van der Waals surface area contributed by atoms with Crippen molar-refractivity contribution in [3.8, 4) is 5.75 Å². The molecule has 1 aliphatic rings. The Kier molecular flexibility index (Phi) is 10.5. The summed E-state index contributed by atoms with van der Waals surface area (Å²) in [5.41, 5.74) is 8.58. The number of carboxylic acids is 1. The van der Waals surface area contributed by atoms with Crippen LogP contribution in [0.2, 0.25) is 0 Å². The van der Waals surface area contributed by atoms with Gasteiger partial charge in [-0.1, -0.05) is 30.3 Å². The van der Waals surface area contributed by atoms with Crippen LogP contribution >= 0.6 is 11.8 Å². The van der Waals surface area contributed by atoms with Gasteiger partial charge in [-0.2, -0.15) is 11.8 Å². The van der Waals surface area contributed by atoms with Gasteiger partial charge in [0.05, 0.1) is 6.04 Å². The second-order valence-corrected chi connectivity index (χ2v) is 11.5. The number of aromatic nitrogens is 1. The van der Waals surface area contributed by atoms with E-state index in [1.165, 1.54) is 28.8 Å². The largest absolute Gasteiger partial charge is 0.508 e. The van der Waals surface area contributed by atoms with Crippen molar-refractivity contribution >= 4 is 46.4 Å². The third-order valence-electron chi connectivity index (χ3n) is 7.51. The van der Waals surface area contributed by atoms with Crippen LogP contribution in [0.1, 0.15) is 30.4 Å². The summed E-state index contributed by atoms with van der Waals surface area (Å²) in [6.45, 7) is 0.287. The summed E-state index contributed by atoms with van der Waals surface area (Å²) in [5.74, 6) is -1.94. The Balaban J connectivity index is 1.53. The average molecular weight is 596 g/mol. The van der Waals surface area contributed by atoms with Gasteiger partial charge >= 0.3 is 5.97 Å². The lowest BCUT2D eigenvalue weighted by atomic mass is 10.0. The van der Waals surface area contributed by atoms with E-state index in [1.54, 1.807) is 18.3 Å². The van der Waals surface area contributed by atoms with Gasteiger partial charge in [-0.05, 0) is 67.0 Å². The Morgan fingerprint density at radius 3 is 2.48 bits per heavy atom. The molecule has 3 amide bonds. The zero-order chi connectivity index (χ0) is 30.2. The highest BCUT2D eigenvalue weighted by molar-refractivity contribution is 7.98. The summed E-state index contributed by atoms with van der Waals surface area (Å²) in [7, 11) is 0. The van der Waals surface area contributed by atoms with Crippen molar-refractivity contribution in [1.82, 2.24) is 20.5 Å². The van der Waals surface area contributed by atoms with Gasteiger partial charge in [-0.25, -0.2) is 4.79 Å². The zero-order valence-corrected chi connectivity index (χ0v) is 24.2. The number of likely N-dealkylation sites (tertiary alicyclic amines) is 1. The SMILES string of the molecule is CSCCC(NC(=O)C(N)Cc1ccc(O)cc1)C(=O)NC(Cc1c[nH]c2ccccc12)C(=O)N1CCCC1C(=O)O. The van der Waals surface area contributed by atoms with Crippen LogP contribution in [0.5, 0.6) is 5.75 Å². The molecule has 0 radical (unpaired) electrons. The molecule has 12 heteroatoms. The maximum atomic E-state index is 13.8. The molecule has 0 saturated carbocycles. The number of phenolic OH excluding ortho intramolecular Hbond substituents is 1. The molecule has 1 fully saturated rings. The van der Waals surface area contributed by atoms with Crippen molar-refractivity contribution in [2.75, 3.05) is 18.6 Å². The van der Waals surface area contributed by atoms with E-state index in [9.17, 15) is 29.4 Å². The normalized spacial score (nSPS) is 17.0. The van der Waals surface area contributed by atoms with Crippen LogP contribution in [0.25, 0.3) is 10.9 Å². The molecule has 2 heterocycles. The number of hydrogen-bond acceptors (Lipinski definition) is 7. The number of fused-ring (bicyclic) bond motifs is 1. The molecular formula is C30H37N5O6S. The number of para-hydroxylation sites is 1. The quantitative estimate of drug-likeness (QED) is 0.173. The van der Waals surface area contributed by atoms with Gasteiger partial charge in [0, 0.05) is 30.1 Å². The lowest BCUT2D eigenvalue weighted by Gasteiger charge is -2.29.